The van der Waals surface area contributed by atoms with Crippen molar-refractivity contribution >= 4 is 40.4 Å². The van der Waals surface area contributed by atoms with Crippen LogP contribution >= 0.6 is 11.6 Å². The first-order valence-electron chi connectivity index (χ1n) is 10.2. The van der Waals surface area contributed by atoms with Gasteiger partial charge in [-0.2, -0.15) is 4.57 Å². The van der Waals surface area contributed by atoms with Crippen LogP contribution in [0.3, 0.4) is 0 Å². The Balaban J connectivity index is 1.76. The Labute approximate surface area is 193 Å². The number of imide groups is 1. The standard InChI is InChI=1S/C25H17ClN4O3/c1-16-20(24(32)30(27-16)19-12-8-9-17(26)15-19)21-22(28-13-6-3-7-14-28)25(33)29(23(21)31)18-10-4-2-5-11-18/h2-15H,1H3/p+1. The predicted molar refractivity (Wildman–Crippen MR) is 125 cm³/mol. The van der Waals surface area contributed by atoms with Gasteiger partial charge in [-0.1, -0.05) is 41.9 Å². The molecule has 1 aliphatic rings. The minimum Gasteiger partial charge on any atom is -0.295 e. The van der Waals surface area contributed by atoms with Gasteiger partial charge in [-0.25, -0.2) is 9.58 Å². The van der Waals surface area contributed by atoms with Crippen LogP contribution in [0.1, 0.15) is 11.3 Å². The van der Waals surface area contributed by atoms with Crippen molar-refractivity contribution < 1.29 is 14.2 Å². The molecule has 5 rings (SSSR count). The molecule has 0 saturated carbocycles. The van der Waals surface area contributed by atoms with Gasteiger partial charge in [0.15, 0.2) is 12.4 Å². The zero-order valence-corrected chi connectivity index (χ0v) is 18.3. The highest BCUT2D eigenvalue weighted by atomic mass is 35.5. The van der Waals surface area contributed by atoms with E-state index in [0.29, 0.717) is 22.1 Å². The van der Waals surface area contributed by atoms with E-state index in [-0.39, 0.29) is 16.8 Å². The molecule has 0 bridgehead atoms. The molecule has 0 atom stereocenters. The molecule has 8 heteroatoms. The second kappa shape index (κ2) is 8.03. The molecule has 2 aromatic heterocycles. The highest BCUT2D eigenvalue weighted by Gasteiger charge is 2.47. The summed E-state index contributed by atoms with van der Waals surface area (Å²) in [5.74, 6) is -1.07. The van der Waals surface area contributed by atoms with Gasteiger partial charge in [0.1, 0.15) is 5.57 Å². The third-order valence-corrected chi connectivity index (χ3v) is 5.67. The molecule has 2 aromatic carbocycles. The van der Waals surface area contributed by atoms with E-state index in [0.717, 1.165) is 4.90 Å². The summed E-state index contributed by atoms with van der Waals surface area (Å²) in [5.41, 5.74) is 1.25. The highest BCUT2D eigenvalue weighted by Crippen LogP contribution is 2.33. The topological polar surface area (TPSA) is 79.1 Å². The van der Waals surface area contributed by atoms with Crippen LogP contribution in [0.2, 0.25) is 5.02 Å². The number of aromatic amines is 1. The summed E-state index contributed by atoms with van der Waals surface area (Å²) in [6, 6.07) is 20.8. The number of para-hydroxylation sites is 1. The number of H-pyrrole nitrogens is 1. The fourth-order valence-corrected chi connectivity index (χ4v) is 4.16. The minimum atomic E-state index is -0.560. The van der Waals surface area contributed by atoms with Crippen molar-refractivity contribution in [2.45, 2.75) is 6.92 Å². The Kier molecular flexibility index (Phi) is 5.03. The number of amides is 2. The summed E-state index contributed by atoms with van der Waals surface area (Å²) < 4.78 is 2.88. The van der Waals surface area contributed by atoms with Gasteiger partial charge < -0.3 is 0 Å². The first-order chi connectivity index (χ1) is 16.0. The van der Waals surface area contributed by atoms with Crippen LogP contribution in [0, 0.1) is 6.92 Å². The van der Waals surface area contributed by atoms with E-state index >= 15 is 0 Å². The third-order valence-electron chi connectivity index (χ3n) is 5.44. The zero-order chi connectivity index (χ0) is 23.1. The number of carbonyl (C=O) groups is 2. The molecule has 0 unspecified atom stereocenters. The third kappa shape index (κ3) is 3.39. The molecule has 0 radical (unpaired) electrons. The van der Waals surface area contributed by atoms with Gasteiger partial charge >= 0.3 is 5.91 Å². The number of nitrogens with one attached hydrogen (secondary N) is 1. The maximum atomic E-state index is 13.7. The van der Waals surface area contributed by atoms with E-state index in [2.05, 4.69) is 5.10 Å². The van der Waals surface area contributed by atoms with Crippen molar-refractivity contribution in [3.8, 4) is 5.69 Å². The summed E-state index contributed by atoms with van der Waals surface area (Å²) in [5, 5.41) is 3.48. The second-order valence-electron chi connectivity index (χ2n) is 7.52. The molecule has 3 heterocycles. The molecule has 7 nitrogen and oxygen atoms in total. The van der Waals surface area contributed by atoms with Crippen LogP contribution in [-0.2, 0) is 9.59 Å². The van der Waals surface area contributed by atoms with Gasteiger partial charge in [0.05, 0.1) is 16.9 Å². The summed E-state index contributed by atoms with van der Waals surface area (Å²) in [6.07, 6.45) is 3.35. The highest BCUT2D eigenvalue weighted by molar-refractivity contribution is 6.53. The number of hydrogen-bond donors (Lipinski definition) is 1. The lowest BCUT2D eigenvalue weighted by molar-refractivity contribution is -0.576. The van der Waals surface area contributed by atoms with E-state index < -0.39 is 17.4 Å². The van der Waals surface area contributed by atoms with Crippen LogP contribution < -0.4 is 15.0 Å². The number of nitrogens with zero attached hydrogens (tertiary/aromatic N) is 3. The lowest BCUT2D eigenvalue weighted by Gasteiger charge is -2.13. The minimum absolute atomic E-state index is 0.0413. The number of halogens is 1. The van der Waals surface area contributed by atoms with Gasteiger partial charge in [0.2, 0.25) is 0 Å². The smallest absolute Gasteiger partial charge is 0.295 e. The Bertz CT molecular complexity index is 1490. The molecule has 2 amide bonds. The first-order valence-corrected chi connectivity index (χ1v) is 10.6. The summed E-state index contributed by atoms with van der Waals surface area (Å²) in [6.45, 7) is 1.70. The first kappa shape index (κ1) is 20.7. The van der Waals surface area contributed by atoms with Crippen molar-refractivity contribution in [1.29, 1.82) is 0 Å². The van der Waals surface area contributed by atoms with Crippen LogP contribution in [0.25, 0.3) is 17.0 Å². The SMILES string of the molecule is Cc1[nH]n(-c2cccc(Cl)c2)c(=O)c1C1=C([n+]2ccccc2)C(=O)N(c2ccccc2)C1=O. The summed E-state index contributed by atoms with van der Waals surface area (Å²) in [4.78, 5) is 41.8. The maximum Gasteiger partial charge on any atom is 0.331 e. The van der Waals surface area contributed by atoms with Crippen molar-refractivity contribution in [3.05, 3.63) is 112 Å². The van der Waals surface area contributed by atoms with Crippen molar-refractivity contribution in [2.24, 2.45) is 0 Å². The maximum absolute atomic E-state index is 13.7. The van der Waals surface area contributed by atoms with E-state index in [4.69, 9.17) is 11.6 Å². The summed E-state index contributed by atoms with van der Waals surface area (Å²) >= 11 is 6.11. The number of rotatable bonds is 4. The lowest BCUT2D eigenvalue weighted by Crippen LogP contribution is -2.39. The van der Waals surface area contributed by atoms with Gasteiger partial charge in [-0.05, 0) is 37.3 Å². The van der Waals surface area contributed by atoms with Gasteiger partial charge in [0, 0.05) is 22.8 Å². The average molecular weight is 458 g/mol. The van der Waals surface area contributed by atoms with Crippen molar-refractivity contribution in [1.82, 2.24) is 9.78 Å². The molecule has 0 spiro atoms. The largest absolute Gasteiger partial charge is 0.331 e. The number of carbonyl (C=O) groups excluding carboxylic acids is 2. The van der Waals surface area contributed by atoms with E-state index in [1.807, 2.05) is 0 Å². The number of benzene rings is 2. The molecule has 0 fully saturated rings. The average Bonchev–Trinajstić information content (AvgIpc) is 3.26. The van der Waals surface area contributed by atoms with Crippen LogP contribution in [0.5, 0.6) is 0 Å². The predicted octanol–water partition coefficient (Wildman–Crippen LogP) is 3.36. The molecule has 1 aliphatic heterocycles. The van der Waals surface area contributed by atoms with Gasteiger partial charge in [-0.3, -0.25) is 19.5 Å². The van der Waals surface area contributed by atoms with Gasteiger partial charge in [0.25, 0.3) is 17.2 Å². The molecule has 162 valence electrons. The molecule has 1 N–H and O–H groups in total. The van der Waals surface area contributed by atoms with E-state index in [1.54, 1.807) is 96.7 Å². The van der Waals surface area contributed by atoms with Crippen molar-refractivity contribution in [2.75, 3.05) is 4.90 Å². The summed E-state index contributed by atoms with van der Waals surface area (Å²) in [7, 11) is 0. The molecule has 4 aromatic rings. The molecule has 0 aliphatic carbocycles. The lowest BCUT2D eigenvalue weighted by atomic mass is 10.1. The van der Waals surface area contributed by atoms with Crippen LogP contribution in [0.4, 0.5) is 5.69 Å². The number of aromatic nitrogens is 3. The second-order valence-corrected chi connectivity index (χ2v) is 7.96. The number of aryl methyl sites for hydroxylation is 1. The number of pyridine rings is 1. The number of anilines is 1. The Morgan fingerprint density at radius 1 is 0.818 bits per heavy atom. The normalized spacial score (nSPS) is 13.8. The van der Waals surface area contributed by atoms with Crippen LogP contribution in [-0.4, -0.2) is 21.6 Å². The fraction of sp³-hybridized carbons (Fsp3) is 0.0400. The Morgan fingerprint density at radius 3 is 2.18 bits per heavy atom. The van der Waals surface area contributed by atoms with Crippen molar-refractivity contribution in [3.63, 3.8) is 0 Å². The quantitative estimate of drug-likeness (QED) is 0.377. The van der Waals surface area contributed by atoms with Crippen LogP contribution in [0.15, 0.2) is 90.0 Å². The van der Waals surface area contributed by atoms with Gasteiger partial charge in [-0.15, -0.1) is 0 Å². The van der Waals surface area contributed by atoms with E-state index in [9.17, 15) is 14.4 Å². The Hall–Kier alpha value is -4.23. The molecular weight excluding hydrogens is 440 g/mol. The van der Waals surface area contributed by atoms with E-state index in [1.165, 1.54) is 4.68 Å². The number of hydrogen-bond acceptors (Lipinski definition) is 3. The molecular formula is C25H18ClN4O3+. The zero-order valence-electron chi connectivity index (χ0n) is 17.5. The monoisotopic (exact) mass is 457 g/mol. The molecule has 33 heavy (non-hydrogen) atoms. The Morgan fingerprint density at radius 2 is 1.48 bits per heavy atom. The fourth-order valence-electron chi connectivity index (χ4n) is 3.98. The molecule has 0 saturated heterocycles.